The van der Waals surface area contributed by atoms with E-state index in [1.807, 2.05) is 0 Å². The predicted molar refractivity (Wildman–Crippen MR) is 65.0 cm³/mol. The molecule has 2 aromatic rings. The van der Waals surface area contributed by atoms with Crippen LogP contribution >= 0.6 is 0 Å². The molecule has 0 atom stereocenters. The summed E-state index contributed by atoms with van der Waals surface area (Å²) in [6.07, 6.45) is 0. The van der Waals surface area contributed by atoms with Gasteiger partial charge in [-0.3, -0.25) is 10.1 Å². The molecule has 0 spiro atoms. The summed E-state index contributed by atoms with van der Waals surface area (Å²) >= 11 is 0. The van der Waals surface area contributed by atoms with E-state index in [1.165, 1.54) is 18.2 Å². The van der Waals surface area contributed by atoms with Crippen LogP contribution in [0.25, 0.3) is 11.0 Å². The van der Waals surface area contributed by atoms with E-state index in [-0.39, 0.29) is 29.9 Å². The SMILES string of the molecule is O=[N+]([O-])c1cccc2[nH]c(S(=O)(=O)NCCO)nc12. The smallest absolute Gasteiger partial charge is 0.297 e. The van der Waals surface area contributed by atoms with Gasteiger partial charge in [-0.1, -0.05) is 6.07 Å². The van der Waals surface area contributed by atoms with Crippen LogP contribution in [0.3, 0.4) is 0 Å². The number of hydrogen-bond donors (Lipinski definition) is 3. The first kappa shape index (κ1) is 13.4. The van der Waals surface area contributed by atoms with Gasteiger partial charge >= 0.3 is 0 Å². The van der Waals surface area contributed by atoms with Crippen LogP contribution in [0.2, 0.25) is 0 Å². The second kappa shape index (κ2) is 4.91. The summed E-state index contributed by atoms with van der Waals surface area (Å²) in [7, 11) is -3.93. The van der Waals surface area contributed by atoms with Gasteiger partial charge in [0, 0.05) is 12.6 Å². The van der Waals surface area contributed by atoms with Crippen molar-refractivity contribution in [1.29, 1.82) is 0 Å². The Morgan fingerprint density at radius 1 is 1.47 bits per heavy atom. The van der Waals surface area contributed by atoms with Gasteiger partial charge in [-0.05, 0) is 6.07 Å². The fourth-order valence-corrected chi connectivity index (χ4v) is 2.47. The van der Waals surface area contributed by atoms with E-state index in [0.717, 1.165) is 0 Å². The normalized spacial score (nSPS) is 11.8. The minimum Gasteiger partial charge on any atom is -0.395 e. The summed E-state index contributed by atoms with van der Waals surface area (Å²) in [6.45, 7) is -0.527. The maximum absolute atomic E-state index is 11.8. The molecule has 0 saturated heterocycles. The van der Waals surface area contributed by atoms with Crippen molar-refractivity contribution in [2.45, 2.75) is 5.16 Å². The molecule has 10 heteroatoms. The zero-order valence-electron chi connectivity index (χ0n) is 9.53. The van der Waals surface area contributed by atoms with Crippen molar-refractivity contribution in [2.75, 3.05) is 13.2 Å². The fraction of sp³-hybridized carbons (Fsp3) is 0.222. The number of nitro groups is 1. The van der Waals surface area contributed by atoms with E-state index < -0.39 is 20.1 Å². The number of benzene rings is 1. The quantitative estimate of drug-likeness (QED) is 0.511. The molecule has 102 valence electrons. The van der Waals surface area contributed by atoms with Crippen molar-refractivity contribution in [3.05, 3.63) is 28.3 Å². The minimum atomic E-state index is -3.93. The van der Waals surface area contributed by atoms with Crippen molar-refractivity contribution < 1.29 is 18.4 Å². The summed E-state index contributed by atoms with van der Waals surface area (Å²) in [4.78, 5) is 16.4. The van der Waals surface area contributed by atoms with Gasteiger partial charge in [-0.15, -0.1) is 0 Å². The van der Waals surface area contributed by atoms with Crippen molar-refractivity contribution in [1.82, 2.24) is 14.7 Å². The summed E-state index contributed by atoms with van der Waals surface area (Å²) in [5.74, 6) is 0. The Labute approximate surface area is 107 Å². The largest absolute Gasteiger partial charge is 0.395 e. The second-order valence-corrected chi connectivity index (χ2v) is 5.28. The van der Waals surface area contributed by atoms with Gasteiger partial charge in [0.15, 0.2) is 5.52 Å². The summed E-state index contributed by atoms with van der Waals surface area (Å²) in [5.41, 5.74) is -0.0622. The maximum atomic E-state index is 11.8. The first-order valence-corrected chi connectivity index (χ1v) is 6.67. The molecule has 1 aromatic heterocycles. The fourth-order valence-electron chi connectivity index (χ4n) is 1.52. The first-order chi connectivity index (χ1) is 8.95. The predicted octanol–water partition coefficient (Wildman–Crippen LogP) is -0.258. The number of aliphatic hydroxyl groups is 1. The number of H-pyrrole nitrogens is 1. The van der Waals surface area contributed by atoms with Gasteiger partial charge in [0.1, 0.15) is 0 Å². The number of hydrogen-bond acceptors (Lipinski definition) is 6. The molecule has 19 heavy (non-hydrogen) atoms. The number of sulfonamides is 1. The molecule has 0 amide bonds. The molecule has 0 aliphatic carbocycles. The third-order valence-corrected chi connectivity index (χ3v) is 3.61. The van der Waals surface area contributed by atoms with Crippen LogP contribution in [-0.2, 0) is 10.0 Å². The molecule has 1 heterocycles. The van der Waals surface area contributed by atoms with E-state index in [2.05, 4.69) is 14.7 Å². The molecule has 3 N–H and O–H groups in total. The summed E-state index contributed by atoms with van der Waals surface area (Å²) < 4.78 is 25.6. The van der Waals surface area contributed by atoms with Crippen LogP contribution in [0.5, 0.6) is 0 Å². The average Bonchev–Trinajstić information content (AvgIpc) is 2.80. The molecular formula is C9H10N4O5S. The summed E-state index contributed by atoms with van der Waals surface area (Å²) in [6, 6.07) is 4.15. The van der Waals surface area contributed by atoms with E-state index in [0.29, 0.717) is 0 Å². The summed E-state index contributed by atoms with van der Waals surface area (Å²) in [5, 5.41) is 19.0. The van der Waals surface area contributed by atoms with Gasteiger partial charge in [-0.2, -0.15) is 0 Å². The van der Waals surface area contributed by atoms with E-state index in [1.54, 1.807) is 0 Å². The topological polar surface area (TPSA) is 138 Å². The van der Waals surface area contributed by atoms with Gasteiger partial charge in [0.05, 0.1) is 17.0 Å². The molecule has 0 unspecified atom stereocenters. The van der Waals surface area contributed by atoms with E-state index in [4.69, 9.17) is 5.11 Å². The number of rotatable bonds is 5. The third-order valence-electron chi connectivity index (χ3n) is 2.32. The highest BCUT2D eigenvalue weighted by molar-refractivity contribution is 7.89. The Balaban J connectivity index is 2.53. The number of aromatic nitrogens is 2. The lowest BCUT2D eigenvalue weighted by molar-refractivity contribution is -0.383. The zero-order valence-corrected chi connectivity index (χ0v) is 10.3. The first-order valence-electron chi connectivity index (χ1n) is 5.19. The van der Waals surface area contributed by atoms with Gasteiger partial charge < -0.3 is 10.1 Å². The number of aromatic amines is 1. The molecule has 9 nitrogen and oxygen atoms in total. The molecule has 0 aliphatic heterocycles. The van der Waals surface area contributed by atoms with Crippen molar-refractivity contribution in [3.8, 4) is 0 Å². The molecular weight excluding hydrogens is 276 g/mol. The molecule has 2 rings (SSSR count). The number of imidazole rings is 1. The van der Waals surface area contributed by atoms with Gasteiger partial charge in [0.25, 0.3) is 15.7 Å². The second-order valence-electron chi connectivity index (χ2n) is 3.59. The number of nitrogens with zero attached hydrogens (tertiary/aromatic N) is 2. The Kier molecular flexibility index (Phi) is 3.46. The van der Waals surface area contributed by atoms with Crippen molar-refractivity contribution >= 4 is 26.7 Å². The molecule has 0 aliphatic rings. The molecule has 0 radical (unpaired) electrons. The minimum absolute atomic E-state index is 0.0307. The molecule has 1 aromatic carbocycles. The molecule has 0 saturated carbocycles. The van der Waals surface area contributed by atoms with Crippen LogP contribution in [0, 0.1) is 10.1 Å². The van der Waals surface area contributed by atoms with Gasteiger partial charge in [-0.25, -0.2) is 18.1 Å². The lowest BCUT2D eigenvalue weighted by Gasteiger charge is -2.00. The van der Waals surface area contributed by atoms with E-state index >= 15 is 0 Å². The zero-order chi connectivity index (χ0) is 14.0. The lowest BCUT2D eigenvalue weighted by atomic mass is 10.3. The van der Waals surface area contributed by atoms with Crippen LogP contribution < -0.4 is 4.72 Å². The highest BCUT2D eigenvalue weighted by atomic mass is 32.2. The number of aliphatic hydroxyl groups excluding tert-OH is 1. The Hall–Kier alpha value is -2.04. The van der Waals surface area contributed by atoms with Crippen LogP contribution in [0.15, 0.2) is 23.4 Å². The molecule has 0 bridgehead atoms. The Morgan fingerprint density at radius 2 is 2.21 bits per heavy atom. The van der Waals surface area contributed by atoms with Crippen LogP contribution in [-0.4, -0.2) is 41.6 Å². The lowest BCUT2D eigenvalue weighted by Crippen LogP contribution is -2.27. The maximum Gasteiger partial charge on any atom is 0.297 e. The number of non-ortho nitro benzene ring substituents is 1. The monoisotopic (exact) mass is 286 g/mol. The molecule has 0 fully saturated rings. The Morgan fingerprint density at radius 3 is 2.84 bits per heavy atom. The number of nitrogens with one attached hydrogen (secondary N) is 2. The van der Waals surface area contributed by atoms with Crippen molar-refractivity contribution in [3.63, 3.8) is 0 Å². The van der Waals surface area contributed by atoms with Gasteiger partial charge in [0.2, 0.25) is 5.16 Å². The third kappa shape index (κ3) is 2.54. The standard InChI is InChI=1S/C9H10N4O5S/c14-5-4-10-19(17,18)9-11-6-2-1-3-7(13(15)16)8(6)12-9/h1-3,10,14H,4-5H2,(H,11,12). The highest BCUT2D eigenvalue weighted by Crippen LogP contribution is 2.24. The highest BCUT2D eigenvalue weighted by Gasteiger charge is 2.22. The van der Waals surface area contributed by atoms with Crippen LogP contribution in [0.1, 0.15) is 0 Å². The van der Waals surface area contributed by atoms with Crippen molar-refractivity contribution in [2.24, 2.45) is 0 Å². The number of para-hydroxylation sites is 1. The number of nitro benzene ring substituents is 1. The van der Waals surface area contributed by atoms with E-state index in [9.17, 15) is 18.5 Å². The number of fused-ring (bicyclic) bond motifs is 1. The van der Waals surface area contributed by atoms with Crippen LogP contribution in [0.4, 0.5) is 5.69 Å². The Bertz CT molecular complexity index is 723. The average molecular weight is 286 g/mol.